The van der Waals surface area contributed by atoms with Gasteiger partial charge in [0.2, 0.25) is 5.89 Å². The van der Waals surface area contributed by atoms with Crippen molar-refractivity contribution in [3.63, 3.8) is 0 Å². The van der Waals surface area contributed by atoms with Crippen molar-refractivity contribution >= 4 is 5.91 Å². The Bertz CT molecular complexity index is 591. The van der Waals surface area contributed by atoms with Crippen LogP contribution >= 0.6 is 0 Å². The van der Waals surface area contributed by atoms with E-state index in [9.17, 15) is 4.79 Å². The van der Waals surface area contributed by atoms with E-state index < -0.39 is 0 Å². The maximum atomic E-state index is 12.6. The number of carbonyl (C=O) groups excluding carboxylic acids is 1. The lowest BCUT2D eigenvalue weighted by atomic mass is 10.2. The molecule has 0 radical (unpaired) electrons. The third kappa shape index (κ3) is 3.68. The van der Waals surface area contributed by atoms with Crippen molar-refractivity contribution < 1.29 is 9.21 Å². The van der Waals surface area contributed by atoms with Gasteiger partial charge in [-0.1, -0.05) is 44.2 Å². The van der Waals surface area contributed by atoms with E-state index in [0.29, 0.717) is 12.4 Å². The fourth-order valence-electron chi connectivity index (χ4n) is 1.95. The van der Waals surface area contributed by atoms with E-state index in [1.54, 1.807) is 4.90 Å². The zero-order valence-corrected chi connectivity index (χ0v) is 12.9. The minimum Gasteiger partial charge on any atom is -0.417 e. The third-order valence-corrected chi connectivity index (χ3v) is 3.20. The fraction of sp³-hybridized carbons (Fsp3) is 0.438. The first kappa shape index (κ1) is 15.2. The van der Waals surface area contributed by atoms with Crippen molar-refractivity contribution in [1.82, 2.24) is 15.1 Å². The molecule has 0 N–H and O–H groups in total. The van der Waals surface area contributed by atoms with E-state index in [1.807, 2.05) is 58.0 Å². The maximum Gasteiger partial charge on any atom is 0.311 e. The predicted octanol–water partition coefficient (Wildman–Crippen LogP) is 3.24. The molecule has 0 bridgehead atoms. The lowest BCUT2D eigenvalue weighted by molar-refractivity contribution is 0.0647. The van der Waals surface area contributed by atoms with E-state index in [1.165, 1.54) is 0 Å². The van der Waals surface area contributed by atoms with Gasteiger partial charge in [-0.15, -0.1) is 10.2 Å². The van der Waals surface area contributed by atoms with Crippen LogP contribution in [0.4, 0.5) is 0 Å². The molecule has 0 saturated carbocycles. The summed E-state index contributed by atoms with van der Waals surface area (Å²) < 4.78 is 5.46. The molecule has 1 aromatic carbocycles. The number of rotatable bonds is 5. The normalized spacial score (nSPS) is 11.1. The molecule has 0 aliphatic rings. The second-order valence-corrected chi connectivity index (χ2v) is 5.61. The molecule has 1 heterocycles. The Morgan fingerprint density at radius 2 is 1.81 bits per heavy atom. The molecule has 0 aliphatic carbocycles. The van der Waals surface area contributed by atoms with Crippen LogP contribution in [0.2, 0.25) is 0 Å². The molecule has 21 heavy (non-hydrogen) atoms. The Kier molecular flexibility index (Phi) is 4.73. The smallest absolute Gasteiger partial charge is 0.311 e. The van der Waals surface area contributed by atoms with Gasteiger partial charge in [0.1, 0.15) is 0 Å². The number of nitrogens with zero attached hydrogens (tertiary/aromatic N) is 3. The molecular formula is C16H21N3O2. The Labute approximate surface area is 125 Å². The molecule has 112 valence electrons. The van der Waals surface area contributed by atoms with Crippen LogP contribution in [0.15, 0.2) is 34.7 Å². The number of carbonyl (C=O) groups is 1. The molecule has 2 rings (SSSR count). The summed E-state index contributed by atoms with van der Waals surface area (Å²) >= 11 is 0. The van der Waals surface area contributed by atoms with Gasteiger partial charge in [0, 0.05) is 18.5 Å². The lowest BCUT2D eigenvalue weighted by Crippen LogP contribution is -2.36. The van der Waals surface area contributed by atoms with Crippen LogP contribution in [0.25, 0.3) is 0 Å². The topological polar surface area (TPSA) is 59.2 Å². The monoisotopic (exact) mass is 287 g/mol. The third-order valence-electron chi connectivity index (χ3n) is 3.20. The highest BCUT2D eigenvalue weighted by atomic mass is 16.4. The predicted molar refractivity (Wildman–Crippen MR) is 79.8 cm³/mol. The standard InChI is InChI=1S/C16H21N3O2/c1-11(2)14-17-18-15(21-14)16(20)19(12(3)4)10-13-8-6-5-7-9-13/h5-9,11-12H,10H2,1-4H3. The summed E-state index contributed by atoms with van der Waals surface area (Å²) in [5.41, 5.74) is 1.07. The molecule has 0 fully saturated rings. The molecule has 0 atom stereocenters. The Hall–Kier alpha value is -2.17. The number of benzene rings is 1. The maximum absolute atomic E-state index is 12.6. The van der Waals surface area contributed by atoms with E-state index in [-0.39, 0.29) is 23.8 Å². The molecule has 2 aromatic rings. The average molecular weight is 287 g/mol. The Balaban J connectivity index is 2.19. The molecule has 0 saturated heterocycles. The summed E-state index contributed by atoms with van der Waals surface area (Å²) in [6.07, 6.45) is 0. The second-order valence-electron chi connectivity index (χ2n) is 5.61. The number of amides is 1. The lowest BCUT2D eigenvalue weighted by Gasteiger charge is -2.25. The van der Waals surface area contributed by atoms with E-state index >= 15 is 0 Å². The van der Waals surface area contributed by atoms with Gasteiger partial charge >= 0.3 is 11.8 Å². The van der Waals surface area contributed by atoms with Crippen molar-refractivity contribution in [2.45, 2.75) is 46.2 Å². The molecule has 1 aromatic heterocycles. The summed E-state index contributed by atoms with van der Waals surface area (Å²) in [6, 6.07) is 9.92. The van der Waals surface area contributed by atoms with Gasteiger partial charge in [-0.05, 0) is 19.4 Å². The summed E-state index contributed by atoms with van der Waals surface area (Å²) in [6.45, 7) is 8.37. The molecule has 1 amide bonds. The van der Waals surface area contributed by atoms with Crippen molar-refractivity contribution in [2.24, 2.45) is 0 Å². The van der Waals surface area contributed by atoms with Crippen molar-refractivity contribution in [1.29, 1.82) is 0 Å². The second kappa shape index (κ2) is 6.52. The summed E-state index contributed by atoms with van der Waals surface area (Å²) in [5.74, 6) is 0.430. The van der Waals surface area contributed by atoms with Crippen LogP contribution in [0.5, 0.6) is 0 Å². The Morgan fingerprint density at radius 1 is 1.14 bits per heavy atom. The van der Waals surface area contributed by atoms with Crippen molar-refractivity contribution in [2.75, 3.05) is 0 Å². The van der Waals surface area contributed by atoms with Crippen molar-refractivity contribution in [3.8, 4) is 0 Å². The highest BCUT2D eigenvalue weighted by molar-refractivity contribution is 5.89. The number of aromatic nitrogens is 2. The molecule has 5 heteroatoms. The first-order valence-corrected chi connectivity index (χ1v) is 7.17. The molecule has 0 unspecified atom stereocenters. The van der Waals surface area contributed by atoms with E-state index in [2.05, 4.69) is 10.2 Å². The highest BCUT2D eigenvalue weighted by Crippen LogP contribution is 2.16. The largest absolute Gasteiger partial charge is 0.417 e. The van der Waals surface area contributed by atoms with E-state index in [4.69, 9.17) is 4.42 Å². The number of hydrogen-bond donors (Lipinski definition) is 0. The highest BCUT2D eigenvalue weighted by Gasteiger charge is 2.24. The van der Waals surface area contributed by atoms with Gasteiger partial charge in [-0.2, -0.15) is 0 Å². The Morgan fingerprint density at radius 3 is 2.33 bits per heavy atom. The van der Waals surface area contributed by atoms with Gasteiger partial charge in [-0.3, -0.25) is 4.79 Å². The first-order chi connectivity index (χ1) is 9.99. The van der Waals surface area contributed by atoms with Gasteiger partial charge in [0.25, 0.3) is 0 Å². The van der Waals surface area contributed by atoms with Gasteiger partial charge in [0.15, 0.2) is 0 Å². The van der Waals surface area contributed by atoms with Crippen LogP contribution < -0.4 is 0 Å². The molecular weight excluding hydrogens is 266 g/mol. The van der Waals surface area contributed by atoms with Gasteiger partial charge in [0.05, 0.1) is 0 Å². The molecule has 0 aliphatic heterocycles. The van der Waals surface area contributed by atoms with Gasteiger partial charge < -0.3 is 9.32 Å². The fourth-order valence-corrected chi connectivity index (χ4v) is 1.95. The minimum absolute atomic E-state index is 0.0482. The SMILES string of the molecule is CC(C)c1nnc(C(=O)N(Cc2ccccc2)C(C)C)o1. The first-order valence-electron chi connectivity index (χ1n) is 7.17. The van der Waals surface area contributed by atoms with Crippen LogP contribution in [-0.4, -0.2) is 27.0 Å². The number of hydrogen-bond acceptors (Lipinski definition) is 4. The van der Waals surface area contributed by atoms with E-state index in [0.717, 1.165) is 5.56 Å². The summed E-state index contributed by atoms with van der Waals surface area (Å²) in [7, 11) is 0. The zero-order chi connectivity index (χ0) is 15.4. The molecule has 0 spiro atoms. The van der Waals surface area contributed by atoms with Crippen LogP contribution in [0.1, 0.15) is 55.8 Å². The van der Waals surface area contributed by atoms with Crippen molar-refractivity contribution in [3.05, 3.63) is 47.7 Å². The quantitative estimate of drug-likeness (QED) is 0.847. The van der Waals surface area contributed by atoms with Gasteiger partial charge in [-0.25, -0.2) is 0 Å². The molecule has 5 nitrogen and oxygen atoms in total. The average Bonchev–Trinajstić information content (AvgIpc) is 2.95. The van der Waals surface area contributed by atoms with Crippen LogP contribution in [0, 0.1) is 0 Å². The minimum atomic E-state index is -0.228. The zero-order valence-electron chi connectivity index (χ0n) is 12.9. The summed E-state index contributed by atoms with van der Waals surface area (Å²) in [4.78, 5) is 14.3. The van der Waals surface area contributed by atoms with Crippen LogP contribution in [-0.2, 0) is 6.54 Å². The summed E-state index contributed by atoms with van der Waals surface area (Å²) in [5, 5.41) is 7.80. The van der Waals surface area contributed by atoms with Crippen LogP contribution in [0.3, 0.4) is 0 Å².